The third kappa shape index (κ3) is 11.7. The molecule has 0 radical (unpaired) electrons. The first-order chi connectivity index (χ1) is 8.18. The number of rotatable bonds is 11. The minimum absolute atomic E-state index is 0.0612. The van der Waals surface area contributed by atoms with Gasteiger partial charge >= 0.3 is 5.97 Å². The second kappa shape index (κ2) is 11.9. The molecule has 0 aromatic heterocycles. The molecule has 0 saturated carbocycles. The van der Waals surface area contributed by atoms with E-state index in [4.69, 9.17) is 21.4 Å². The van der Waals surface area contributed by atoms with Crippen molar-refractivity contribution in [2.24, 2.45) is 0 Å². The molecule has 0 aliphatic rings. The molecule has 0 amide bonds. The summed E-state index contributed by atoms with van der Waals surface area (Å²) >= 11 is 5.36. The highest BCUT2D eigenvalue weighted by molar-refractivity contribution is 6.40. The van der Waals surface area contributed by atoms with Gasteiger partial charge in [-0.2, -0.15) is 0 Å². The zero-order chi connectivity index (χ0) is 12.9. The Hall–Kier alpha value is -0.540. The van der Waals surface area contributed by atoms with Crippen LogP contribution in [-0.2, 0) is 9.53 Å². The Kier molecular flexibility index (Phi) is 11.6. The van der Waals surface area contributed by atoms with Gasteiger partial charge in [0.15, 0.2) is 0 Å². The van der Waals surface area contributed by atoms with Crippen molar-refractivity contribution in [2.75, 3.05) is 13.2 Å². The minimum atomic E-state index is -0.518. The standard InChI is InChI=1S/C13H23ClO3/c1-12(14)13(16)17-11-9-7-5-3-2-4-6-8-10-15/h15H,1-11H2. The van der Waals surface area contributed by atoms with Crippen LogP contribution in [-0.4, -0.2) is 24.3 Å². The molecular weight excluding hydrogens is 240 g/mol. The van der Waals surface area contributed by atoms with Crippen LogP contribution in [0.4, 0.5) is 0 Å². The van der Waals surface area contributed by atoms with Crippen LogP contribution in [0, 0.1) is 0 Å². The van der Waals surface area contributed by atoms with Gasteiger partial charge in [0.2, 0.25) is 0 Å². The maximum Gasteiger partial charge on any atom is 0.349 e. The van der Waals surface area contributed by atoms with E-state index < -0.39 is 5.97 Å². The maximum atomic E-state index is 10.9. The van der Waals surface area contributed by atoms with Crippen LogP contribution in [0.3, 0.4) is 0 Å². The number of halogens is 1. The lowest BCUT2D eigenvalue weighted by atomic mass is 10.1. The highest BCUT2D eigenvalue weighted by atomic mass is 35.5. The zero-order valence-electron chi connectivity index (χ0n) is 10.4. The zero-order valence-corrected chi connectivity index (χ0v) is 11.2. The number of carbonyl (C=O) groups excluding carboxylic acids is 1. The van der Waals surface area contributed by atoms with Crippen molar-refractivity contribution in [1.82, 2.24) is 0 Å². The van der Waals surface area contributed by atoms with Gasteiger partial charge in [-0.1, -0.05) is 56.7 Å². The number of esters is 1. The molecule has 0 aromatic carbocycles. The average molecular weight is 263 g/mol. The first-order valence-electron chi connectivity index (χ1n) is 6.31. The summed E-state index contributed by atoms with van der Waals surface area (Å²) in [5.74, 6) is -0.518. The topological polar surface area (TPSA) is 46.5 Å². The molecule has 0 aliphatic carbocycles. The third-order valence-corrected chi connectivity index (χ3v) is 2.66. The van der Waals surface area contributed by atoms with E-state index in [0.29, 0.717) is 13.2 Å². The molecule has 4 heteroatoms. The van der Waals surface area contributed by atoms with Crippen LogP contribution in [0.5, 0.6) is 0 Å². The third-order valence-electron chi connectivity index (χ3n) is 2.51. The van der Waals surface area contributed by atoms with Gasteiger partial charge in [-0.05, 0) is 12.8 Å². The van der Waals surface area contributed by atoms with Gasteiger partial charge in [0.1, 0.15) is 5.03 Å². The van der Waals surface area contributed by atoms with Crippen molar-refractivity contribution in [1.29, 1.82) is 0 Å². The quantitative estimate of drug-likeness (QED) is 0.353. The number of aliphatic hydroxyl groups is 1. The van der Waals surface area contributed by atoms with E-state index >= 15 is 0 Å². The number of aliphatic hydroxyl groups excluding tert-OH is 1. The van der Waals surface area contributed by atoms with E-state index in [1.54, 1.807) is 0 Å². The maximum absolute atomic E-state index is 10.9. The summed E-state index contributed by atoms with van der Waals surface area (Å²) in [6, 6.07) is 0. The Morgan fingerprint density at radius 2 is 1.47 bits per heavy atom. The number of carbonyl (C=O) groups is 1. The van der Waals surface area contributed by atoms with Crippen molar-refractivity contribution in [3.05, 3.63) is 11.6 Å². The fourth-order valence-corrected chi connectivity index (χ4v) is 1.57. The van der Waals surface area contributed by atoms with Crippen molar-refractivity contribution < 1.29 is 14.6 Å². The minimum Gasteiger partial charge on any atom is -0.461 e. The molecular formula is C13H23ClO3. The summed E-state index contributed by atoms with van der Waals surface area (Å²) in [6.07, 6.45) is 8.78. The van der Waals surface area contributed by atoms with Crippen LogP contribution >= 0.6 is 11.6 Å². The molecule has 0 aromatic rings. The summed E-state index contributed by atoms with van der Waals surface area (Å²) < 4.78 is 4.86. The lowest BCUT2D eigenvalue weighted by molar-refractivity contribution is -0.138. The highest BCUT2D eigenvalue weighted by Gasteiger charge is 2.03. The molecule has 0 atom stereocenters. The fraction of sp³-hybridized carbons (Fsp3) is 0.769. The molecule has 0 rings (SSSR count). The van der Waals surface area contributed by atoms with Gasteiger partial charge in [-0.3, -0.25) is 0 Å². The summed E-state index contributed by atoms with van der Waals surface area (Å²) in [5, 5.41) is 8.53. The highest BCUT2D eigenvalue weighted by Crippen LogP contribution is 2.09. The predicted octanol–water partition coefficient (Wildman–Crippen LogP) is 3.40. The molecule has 17 heavy (non-hydrogen) atoms. The van der Waals surface area contributed by atoms with Gasteiger partial charge < -0.3 is 9.84 Å². The summed E-state index contributed by atoms with van der Waals surface area (Å²) in [7, 11) is 0. The van der Waals surface area contributed by atoms with Gasteiger partial charge in [0.25, 0.3) is 0 Å². The number of hydrogen-bond donors (Lipinski definition) is 1. The smallest absolute Gasteiger partial charge is 0.349 e. The number of hydrogen-bond acceptors (Lipinski definition) is 3. The Balaban J connectivity index is 3.08. The van der Waals surface area contributed by atoms with E-state index in [9.17, 15) is 4.79 Å². The number of ether oxygens (including phenoxy) is 1. The van der Waals surface area contributed by atoms with Crippen molar-refractivity contribution >= 4 is 17.6 Å². The average Bonchev–Trinajstić information content (AvgIpc) is 2.31. The predicted molar refractivity (Wildman–Crippen MR) is 70.0 cm³/mol. The van der Waals surface area contributed by atoms with E-state index in [1.807, 2.05) is 0 Å². The Morgan fingerprint density at radius 1 is 1.00 bits per heavy atom. The molecule has 0 bridgehead atoms. The van der Waals surface area contributed by atoms with Crippen LogP contribution < -0.4 is 0 Å². The summed E-state index contributed by atoms with van der Waals surface area (Å²) in [5.41, 5.74) is 0. The molecule has 0 fully saturated rings. The Labute approximate surface area is 109 Å². The van der Waals surface area contributed by atoms with Gasteiger partial charge in [-0.25, -0.2) is 4.79 Å². The summed E-state index contributed by atoms with van der Waals surface area (Å²) in [4.78, 5) is 10.9. The molecule has 0 aliphatic heterocycles. The monoisotopic (exact) mass is 262 g/mol. The molecule has 0 heterocycles. The van der Waals surface area contributed by atoms with Crippen LogP contribution in [0.25, 0.3) is 0 Å². The molecule has 0 saturated heterocycles. The second-order valence-electron chi connectivity index (χ2n) is 4.09. The van der Waals surface area contributed by atoms with E-state index in [0.717, 1.165) is 25.7 Å². The lowest BCUT2D eigenvalue weighted by Gasteiger charge is -2.03. The molecule has 3 nitrogen and oxygen atoms in total. The van der Waals surface area contributed by atoms with Crippen LogP contribution in [0.15, 0.2) is 11.6 Å². The van der Waals surface area contributed by atoms with Crippen LogP contribution in [0.1, 0.15) is 51.4 Å². The lowest BCUT2D eigenvalue weighted by Crippen LogP contribution is -2.04. The van der Waals surface area contributed by atoms with Crippen LogP contribution in [0.2, 0.25) is 0 Å². The van der Waals surface area contributed by atoms with Crippen molar-refractivity contribution in [3.63, 3.8) is 0 Å². The first kappa shape index (κ1) is 16.5. The van der Waals surface area contributed by atoms with Gasteiger partial charge in [0.05, 0.1) is 6.61 Å². The molecule has 1 N–H and O–H groups in total. The van der Waals surface area contributed by atoms with E-state index in [2.05, 4.69) is 6.58 Å². The summed E-state index contributed by atoms with van der Waals surface area (Å²) in [6.45, 7) is 4.02. The molecule has 0 unspecified atom stereocenters. The molecule has 0 spiro atoms. The fourth-order valence-electron chi connectivity index (χ4n) is 1.52. The number of unbranched alkanes of at least 4 members (excludes halogenated alkanes) is 7. The van der Waals surface area contributed by atoms with E-state index in [1.165, 1.54) is 25.7 Å². The van der Waals surface area contributed by atoms with E-state index in [-0.39, 0.29) is 5.03 Å². The molecule has 100 valence electrons. The Morgan fingerprint density at radius 3 is 1.94 bits per heavy atom. The Bertz CT molecular complexity index is 217. The largest absolute Gasteiger partial charge is 0.461 e. The SMILES string of the molecule is C=C(Cl)C(=O)OCCCCCCCCCCO. The van der Waals surface area contributed by atoms with Gasteiger partial charge in [0, 0.05) is 6.61 Å². The normalized spacial score (nSPS) is 10.2. The van der Waals surface area contributed by atoms with Crippen molar-refractivity contribution in [3.8, 4) is 0 Å². The van der Waals surface area contributed by atoms with Gasteiger partial charge in [-0.15, -0.1) is 0 Å². The first-order valence-corrected chi connectivity index (χ1v) is 6.68. The second-order valence-corrected chi connectivity index (χ2v) is 4.55. The van der Waals surface area contributed by atoms with Crippen molar-refractivity contribution in [2.45, 2.75) is 51.4 Å².